The molecular formula is C11H15ClN2O2. The van der Waals surface area contributed by atoms with Crippen LogP contribution in [0, 0.1) is 0 Å². The van der Waals surface area contributed by atoms with E-state index in [0.717, 1.165) is 0 Å². The summed E-state index contributed by atoms with van der Waals surface area (Å²) in [5.74, 6) is 0.624. The first-order valence-corrected chi connectivity index (χ1v) is 5.18. The van der Waals surface area contributed by atoms with Gasteiger partial charge in [-0.25, -0.2) is 0 Å². The minimum absolute atomic E-state index is 0.0210. The second kappa shape index (κ2) is 4.61. The van der Waals surface area contributed by atoms with Crippen molar-refractivity contribution in [2.24, 2.45) is 10.9 Å². The zero-order valence-electron chi connectivity index (χ0n) is 9.49. The molecule has 0 radical (unpaired) electrons. The van der Waals surface area contributed by atoms with E-state index < -0.39 is 0 Å². The zero-order valence-corrected chi connectivity index (χ0v) is 10.2. The quantitative estimate of drug-likeness (QED) is 0.363. The number of hydrogen-bond acceptors (Lipinski definition) is 3. The Morgan fingerprint density at radius 2 is 2.06 bits per heavy atom. The van der Waals surface area contributed by atoms with Crippen molar-refractivity contribution >= 4 is 17.4 Å². The molecule has 88 valence electrons. The molecule has 0 atom stereocenters. The van der Waals surface area contributed by atoms with Gasteiger partial charge < -0.3 is 15.7 Å². The molecule has 0 aliphatic carbocycles. The summed E-state index contributed by atoms with van der Waals surface area (Å²) in [7, 11) is 0. The monoisotopic (exact) mass is 242 g/mol. The first-order chi connectivity index (χ1) is 7.33. The van der Waals surface area contributed by atoms with Crippen molar-refractivity contribution in [1.29, 1.82) is 0 Å². The summed E-state index contributed by atoms with van der Waals surface area (Å²) in [6.45, 7) is 5.83. The van der Waals surface area contributed by atoms with Crippen LogP contribution in [0.25, 0.3) is 0 Å². The average molecular weight is 243 g/mol. The number of oxime groups is 1. The van der Waals surface area contributed by atoms with E-state index in [1.165, 1.54) is 0 Å². The summed E-state index contributed by atoms with van der Waals surface area (Å²) < 4.78 is 5.62. The van der Waals surface area contributed by atoms with Gasteiger partial charge in [-0.15, -0.1) is 0 Å². The smallest absolute Gasteiger partial charge is 0.171 e. The minimum Gasteiger partial charge on any atom is -0.488 e. The van der Waals surface area contributed by atoms with E-state index in [-0.39, 0.29) is 11.4 Å². The standard InChI is InChI=1S/C11H15ClN2O2/c1-11(2,3)16-7-4-5-8(9(12)6-7)10(13)14-15/h4-6,15H,1-3H3,(H2,13,14). The molecule has 3 N–H and O–H groups in total. The van der Waals surface area contributed by atoms with Crippen LogP contribution in [0.2, 0.25) is 5.02 Å². The van der Waals surface area contributed by atoms with Gasteiger partial charge in [-0.05, 0) is 39.0 Å². The lowest BCUT2D eigenvalue weighted by atomic mass is 10.1. The molecule has 0 aromatic heterocycles. The third kappa shape index (κ3) is 3.31. The zero-order chi connectivity index (χ0) is 12.3. The van der Waals surface area contributed by atoms with Gasteiger partial charge in [-0.3, -0.25) is 0 Å². The van der Waals surface area contributed by atoms with Crippen LogP contribution in [0.5, 0.6) is 5.75 Å². The van der Waals surface area contributed by atoms with E-state index >= 15 is 0 Å². The maximum Gasteiger partial charge on any atom is 0.171 e. The highest BCUT2D eigenvalue weighted by Crippen LogP contribution is 2.25. The molecule has 1 rings (SSSR count). The van der Waals surface area contributed by atoms with E-state index in [4.69, 9.17) is 27.3 Å². The van der Waals surface area contributed by atoms with Gasteiger partial charge in [0.1, 0.15) is 11.4 Å². The largest absolute Gasteiger partial charge is 0.488 e. The molecule has 0 saturated heterocycles. The third-order valence-corrected chi connectivity index (χ3v) is 2.06. The van der Waals surface area contributed by atoms with Crippen molar-refractivity contribution in [2.45, 2.75) is 26.4 Å². The fraction of sp³-hybridized carbons (Fsp3) is 0.364. The van der Waals surface area contributed by atoms with Crippen molar-refractivity contribution in [1.82, 2.24) is 0 Å². The average Bonchev–Trinajstić information content (AvgIpc) is 2.14. The molecule has 4 nitrogen and oxygen atoms in total. The number of rotatable bonds is 2. The van der Waals surface area contributed by atoms with Gasteiger partial charge in [-0.2, -0.15) is 0 Å². The summed E-state index contributed by atoms with van der Waals surface area (Å²) in [5.41, 5.74) is 5.63. The molecule has 0 amide bonds. The lowest BCUT2D eigenvalue weighted by molar-refractivity contribution is 0.131. The van der Waals surface area contributed by atoms with Crippen LogP contribution >= 0.6 is 11.6 Å². The summed E-state index contributed by atoms with van der Waals surface area (Å²) >= 11 is 5.98. The third-order valence-electron chi connectivity index (χ3n) is 1.75. The van der Waals surface area contributed by atoms with E-state index in [0.29, 0.717) is 16.3 Å². The summed E-state index contributed by atoms with van der Waals surface area (Å²) in [5, 5.41) is 11.8. The molecule has 0 aliphatic rings. The Bertz CT molecular complexity index is 411. The molecule has 0 aliphatic heterocycles. The van der Waals surface area contributed by atoms with Crippen LogP contribution < -0.4 is 10.5 Å². The van der Waals surface area contributed by atoms with Gasteiger partial charge >= 0.3 is 0 Å². The predicted octanol–water partition coefficient (Wildman–Crippen LogP) is 2.61. The molecule has 0 bridgehead atoms. The van der Waals surface area contributed by atoms with Crippen LogP contribution in [-0.2, 0) is 0 Å². The maximum atomic E-state index is 8.54. The number of ether oxygens (including phenoxy) is 1. The Balaban J connectivity index is 3.00. The number of hydrogen-bond donors (Lipinski definition) is 2. The number of amidine groups is 1. The van der Waals surface area contributed by atoms with Crippen molar-refractivity contribution in [3.63, 3.8) is 0 Å². The van der Waals surface area contributed by atoms with Crippen molar-refractivity contribution in [3.05, 3.63) is 28.8 Å². The molecular weight excluding hydrogens is 228 g/mol. The lowest BCUT2D eigenvalue weighted by Crippen LogP contribution is -2.23. The first kappa shape index (κ1) is 12.6. The SMILES string of the molecule is CC(C)(C)Oc1ccc(C(N)=NO)c(Cl)c1. The lowest BCUT2D eigenvalue weighted by Gasteiger charge is -2.21. The van der Waals surface area contributed by atoms with Crippen LogP contribution in [0.3, 0.4) is 0 Å². The molecule has 0 saturated carbocycles. The van der Waals surface area contributed by atoms with Crippen molar-refractivity contribution < 1.29 is 9.94 Å². The first-order valence-electron chi connectivity index (χ1n) is 4.80. The number of nitrogens with zero attached hydrogens (tertiary/aromatic N) is 1. The molecule has 5 heteroatoms. The molecule has 1 aromatic rings. The van der Waals surface area contributed by atoms with E-state index in [1.54, 1.807) is 18.2 Å². The Labute approximate surface area is 99.7 Å². The number of benzene rings is 1. The topological polar surface area (TPSA) is 67.8 Å². The molecule has 0 heterocycles. The van der Waals surface area contributed by atoms with E-state index in [9.17, 15) is 0 Å². The molecule has 16 heavy (non-hydrogen) atoms. The molecule has 1 aromatic carbocycles. The van der Waals surface area contributed by atoms with E-state index in [2.05, 4.69) is 5.16 Å². The van der Waals surface area contributed by atoms with E-state index in [1.807, 2.05) is 20.8 Å². The molecule has 0 unspecified atom stereocenters. The fourth-order valence-corrected chi connectivity index (χ4v) is 1.44. The normalized spacial score (nSPS) is 12.6. The van der Waals surface area contributed by atoms with Crippen LogP contribution in [0.1, 0.15) is 26.3 Å². The van der Waals surface area contributed by atoms with Gasteiger partial charge in [0, 0.05) is 5.56 Å². The summed E-state index contributed by atoms with van der Waals surface area (Å²) in [6.07, 6.45) is 0. The number of nitrogens with two attached hydrogens (primary N) is 1. The summed E-state index contributed by atoms with van der Waals surface area (Å²) in [4.78, 5) is 0. The van der Waals surface area contributed by atoms with Gasteiger partial charge in [0.2, 0.25) is 0 Å². The van der Waals surface area contributed by atoms with Crippen molar-refractivity contribution in [3.8, 4) is 5.75 Å². The fourth-order valence-electron chi connectivity index (χ4n) is 1.17. The van der Waals surface area contributed by atoms with Gasteiger partial charge in [0.15, 0.2) is 5.84 Å². The molecule has 0 spiro atoms. The second-order valence-electron chi connectivity index (χ2n) is 4.34. The highest BCUT2D eigenvalue weighted by Gasteiger charge is 2.13. The van der Waals surface area contributed by atoms with Gasteiger partial charge in [0.25, 0.3) is 0 Å². The van der Waals surface area contributed by atoms with Crippen LogP contribution in [-0.4, -0.2) is 16.6 Å². The Hall–Kier alpha value is -1.42. The van der Waals surface area contributed by atoms with Crippen LogP contribution in [0.15, 0.2) is 23.4 Å². The van der Waals surface area contributed by atoms with Crippen molar-refractivity contribution in [2.75, 3.05) is 0 Å². The highest BCUT2D eigenvalue weighted by atomic mass is 35.5. The second-order valence-corrected chi connectivity index (χ2v) is 4.75. The highest BCUT2D eigenvalue weighted by molar-refractivity contribution is 6.34. The Kier molecular flexibility index (Phi) is 3.65. The van der Waals surface area contributed by atoms with Gasteiger partial charge in [-0.1, -0.05) is 16.8 Å². The Morgan fingerprint density at radius 3 is 2.50 bits per heavy atom. The van der Waals surface area contributed by atoms with Crippen LogP contribution in [0.4, 0.5) is 0 Å². The molecule has 0 fully saturated rings. The maximum absolute atomic E-state index is 8.54. The minimum atomic E-state index is -0.290. The summed E-state index contributed by atoms with van der Waals surface area (Å²) in [6, 6.07) is 5.02. The number of halogens is 1. The predicted molar refractivity (Wildman–Crippen MR) is 64.3 cm³/mol. The Morgan fingerprint density at radius 1 is 1.44 bits per heavy atom. The van der Waals surface area contributed by atoms with Gasteiger partial charge in [0.05, 0.1) is 5.02 Å².